The maximum atomic E-state index is 12.1. The number of carbonyl (C=O) groups is 1. The van der Waals surface area contributed by atoms with Gasteiger partial charge in [-0.05, 0) is 30.5 Å². The fraction of sp³-hybridized carbons (Fsp3) is 0.318. The molecule has 1 saturated heterocycles. The van der Waals surface area contributed by atoms with Gasteiger partial charge in [-0.1, -0.05) is 42.5 Å². The number of hydrogen-bond acceptors (Lipinski definition) is 7. The fourth-order valence-electron chi connectivity index (χ4n) is 3.99. The van der Waals surface area contributed by atoms with E-state index in [9.17, 15) is 14.9 Å². The summed E-state index contributed by atoms with van der Waals surface area (Å²) >= 11 is 0. The van der Waals surface area contributed by atoms with Gasteiger partial charge in [0.2, 0.25) is 5.82 Å². The van der Waals surface area contributed by atoms with Gasteiger partial charge >= 0.3 is 11.7 Å². The van der Waals surface area contributed by atoms with Crippen LogP contribution in [0, 0.1) is 16.0 Å². The average molecular weight is 406 g/mol. The summed E-state index contributed by atoms with van der Waals surface area (Å²) in [5, 5.41) is 14.0. The molecule has 2 aromatic carbocycles. The normalized spacial score (nSPS) is 14.6. The fourth-order valence-corrected chi connectivity index (χ4v) is 3.99. The minimum Gasteiger partial charge on any atom is -0.466 e. The highest BCUT2D eigenvalue weighted by Gasteiger charge is 2.32. The molecule has 30 heavy (non-hydrogen) atoms. The molecular formula is C22H22N4O4. The lowest BCUT2D eigenvalue weighted by molar-refractivity contribution is -0.383. The van der Waals surface area contributed by atoms with Gasteiger partial charge in [-0.3, -0.25) is 14.9 Å². The number of anilines is 1. The molecule has 154 valence electrons. The number of aromatic nitrogens is 2. The van der Waals surface area contributed by atoms with Crippen LogP contribution in [-0.2, 0) is 9.53 Å². The zero-order valence-electron chi connectivity index (χ0n) is 16.7. The van der Waals surface area contributed by atoms with Crippen LogP contribution in [0.2, 0.25) is 0 Å². The first-order valence-corrected chi connectivity index (χ1v) is 9.99. The van der Waals surface area contributed by atoms with Crippen LogP contribution >= 0.6 is 0 Å². The minimum atomic E-state index is -0.413. The van der Waals surface area contributed by atoms with E-state index in [-0.39, 0.29) is 17.6 Å². The predicted octanol–water partition coefficient (Wildman–Crippen LogP) is 3.98. The number of rotatable bonds is 5. The summed E-state index contributed by atoms with van der Waals surface area (Å²) in [6.45, 7) is 3.13. The van der Waals surface area contributed by atoms with Crippen LogP contribution in [0.15, 0.2) is 48.8 Å². The summed E-state index contributed by atoms with van der Waals surface area (Å²) in [6.07, 6.45) is 2.52. The Labute approximate surface area is 173 Å². The van der Waals surface area contributed by atoms with Crippen molar-refractivity contribution in [2.24, 2.45) is 5.92 Å². The van der Waals surface area contributed by atoms with Crippen LogP contribution in [-0.4, -0.2) is 40.6 Å². The van der Waals surface area contributed by atoms with E-state index in [2.05, 4.69) is 9.97 Å². The van der Waals surface area contributed by atoms with Crippen molar-refractivity contribution in [1.29, 1.82) is 0 Å². The number of piperidine rings is 1. The van der Waals surface area contributed by atoms with E-state index in [1.54, 1.807) is 6.92 Å². The topological polar surface area (TPSA) is 98.5 Å². The predicted molar refractivity (Wildman–Crippen MR) is 113 cm³/mol. The number of ether oxygens (including phenoxy) is 1. The lowest BCUT2D eigenvalue weighted by Crippen LogP contribution is -2.37. The molecule has 0 radical (unpaired) electrons. The number of carbonyl (C=O) groups excluding carboxylic acids is 1. The molecule has 0 saturated carbocycles. The first kappa shape index (κ1) is 19.8. The minimum absolute atomic E-state index is 0.108. The van der Waals surface area contributed by atoms with Gasteiger partial charge in [-0.25, -0.2) is 9.97 Å². The Hall–Kier alpha value is -3.55. The summed E-state index contributed by atoms with van der Waals surface area (Å²) in [6, 6.07) is 13.4. The van der Waals surface area contributed by atoms with Crippen molar-refractivity contribution in [2.75, 3.05) is 24.6 Å². The molecule has 0 amide bonds. The Kier molecular flexibility index (Phi) is 5.56. The molecular weight excluding hydrogens is 384 g/mol. The number of hydrogen-bond donors (Lipinski definition) is 0. The second kappa shape index (κ2) is 8.44. The van der Waals surface area contributed by atoms with Crippen LogP contribution in [0.3, 0.4) is 0 Å². The van der Waals surface area contributed by atoms with Crippen LogP contribution in [0.5, 0.6) is 0 Å². The Morgan fingerprint density at radius 2 is 1.90 bits per heavy atom. The second-order valence-corrected chi connectivity index (χ2v) is 7.19. The van der Waals surface area contributed by atoms with Gasteiger partial charge in [0.25, 0.3) is 0 Å². The van der Waals surface area contributed by atoms with Gasteiger partial charge in [-0.15, -0.1) is 0 Å². The maximum Gasteiger partial charge on any atom is 0.337 e. The van der Waals surface area contributed by atoms with Gasteiger partial charge in [0.15, 0.2) is 5.69 Å². The monoisotopic (exact) mass is 406 g/mol. The molecule has 1 aliphatic heterocycles. The van der Waals surface area contributed by atoms with Crippen molar-refractivity contribution < 1.29 is 14.5 Å². The molecule has 1 fully saturated rings. The van der Waals surface area contributed by atoms with Gasteiger partial charge in [0, 0.05) is 18.7 Å². The largest absolute Gasteiger partial charge is 0.466 e. The third kappa shape index (κ3) is 3.68. The van der Waals surface area contributed by atoms with E-state index in [1.807, 2.05) is 47.4 Å². The van der Waals surface area contributed by atoms with E-state index >= 15 is 0 Å². The summed E-state index contributed by atoms with van der Waals surface area (Å²) in [7, 11) is 0. The molecule has 0 bridgehead atoms. The van der Waals surface area contributed by atoms with Gasteiger partial charge in [0.05, 0.1) is 17.4 Å². The third-order valence-electron chi connectivity index (χ3n) is 5.44. The van der Waals surface area contributed by atoms with Crippen LogP contribution in [0.1, 0.15) is 19.8 Å². The highest BCUT2D eigenvalue weighted by Crippen LogP contribution is 2.39. The molecule has 2 heterocycles. The second-order valence-electron chi connectivity index (χ2n) is 7.19. The highest BCUT2D eigenvalue weighted by molar-refractivity contribution is 5.98. The van der Waals surface area contributed by atoms with Crippen molar-refractivity contribution >= 4 is 28.2 Å². The molecule has 0 unspecified atom stereocenters. The van der Waals surface area contributed by atoms with E-state index in [4.69, 9.17) is 4.74 Å². The molecule has 8 heteroatoms. The van der Waals surface area contributed by atoms with Crippen molar-refractivity contribution in [1.82, 2.24) is 9.97 Å². The average Bonchev–Trinajstić information content (AvgIpc) is 2.78. The lowest BCUT2D eigenvalue weighted by Gasteiger charge is -2.31. The molecule has 1 aromatic heterocycles. The number of benzene rings is 2. The molecule has 0 atom stereocenters. The molecule has 3 aromatic rings. The van der Waals surface area contributed by atoms with E-state index < -0.39 is 4.92 Å². The Bertz CT molecular complexity index is 1090. The zero-order chi connectivity index (χ0) is 21.1. The first-order chi connectivity index (χ1) is 14.6. The Morgan fingerprint density at radius 1 is 1.17 bits per heavy atom. The standard InChI is InChI=1S/C22H22N4O4/c1-2-30-22(27)16-10-12-25(13-11-16)21-20(26(28)29)19(23-14-24-21)18-9-5-7-15-6-3-4-8-17(15)18/h3-9,14,16H,2,10-13H2,1H3. The molecule has 0 N–H and O–H groups in total. The summed E-state index contributed by atoms with van der Waals surface area (Å²) in [5.41, 5.74) is 0.891. The smallest absolute Gasteiger partial charge is 0.337 e. The summed E-state index contributed by atoms with van der Waals surface area (Å²) < 4.78 is 5.11. The van der Waals surface area contributed by atoms with Crippen molar-refractivity contribution in [3.63, 3.8) is 0 Å². The molecule has 4 rings (SSSR count). The van der Waals surface area contributed by atoms with Crippen LogP contribution in [0.25, 0.3) is 22.0 Å². The van der Waals surface area contributed by atoms with Crippen molar-refractivity contribution in [3.05, 3.63) is 58.9 Å². The Balaban J connectivity index is 1.72. The van der Waals surface area contributed by atoms with Gasteiger partial charge in [-0.2, -0.15) is 0 Å². The van der Waals surface area contributed by atoms with Crippen molar-refractivity contribution in [3.8, 4) is 11.3 Å². The quantitative estimate of drug-likeness (QED) is 0.359. The SMILES string of the molecule is CCOC(=O)C1CCN(c2ncnc(-c3cccc4ccccc34)c2[N+](=O)[O-])CC1. The van der Waals surface area contributed by atoms with Crippen molar-refractivity contribution in [2.45, 2.75) is 19.8 Å². The van der Waals surface area contributed by atoms with Crippen LogP contribution in [0.4, 0.5) is 11.5 Å². The maximum absolute atomic E-state index is 12.1. The molecule has 8 nitrogen and oxygen atoms in total. The zero-order valence-corrected chi connectivity index (χ0v) is 16.7. The molecule has 1 aliphatic rings. The van der Waals surface area contributed by atoms with E-state index in [1.165, 1.54) is 6.33 Å². The molecule has 0 spiro atoms. The number of esters is 1. The summed E-state index contributed by atoms with van der Waals surface area (Å²) in [4.78, 5) is 34.1. The van der Waals surface area contributed by atoms with Gasteiger partial charge < -0.3 is 9.64 Å². The number of nitrogens with zero attached hydrogens (tertiary/aromatic N) is 4. The van der Waals surface area contributed by atoms with Crippen LogP contribution < -0.4 is 4.90 Å². The van der Waals surface area contributed by atoms with E-state index in [0.29, 0.717) is 49.6 Å². The van der Waals surface area contributed by atoms with Gasteiger partial charge in [0.1, 0.15) is 6.33 Å². The Morgan fingerprint density at radius 3 is 2.63 bits per heavy atom. The first-order valence-electron chi connectivity index (χ1n) is 9.99. The number of nitro groups is 1. The lowest BCUT2D eigenvalue weighted by atomic mass is 9.96. The molecule has 0 aliphatic carbocycles. The van der Waals surface area contributed by atoms with E-state index in [0.717, 1.165) is 10.8 Å². The summed E-state index contributed by atoms with van der Waals surface area (Å²) in [5.74, 6) is -0.0920. The third-order valence-corrected chi connectivity index (χ3v) is 5.44. The highest BCUT2D eigenvalue weighted by atomic mass is 16.6. The number of fused-ring (bicyclic) bond motifs is 1.